The first kappa shape index (κ1) is 16.4. The van der Waals surface area contributed by atoms with Crippen LogP contribution in [0.25, 0.3) is 0 Å². The van der Waals surface area contributed by atoms with Gasteiger partial charge in [-0.3, -0.25) is 4.79 Å². The molecule has 4 nitrogen and oxygen atoms in total. The summed E-state index contributed by atoms with van der Waals surface area (Å²) >= 11 is 0. The molecule has 1 aliphatic carbocycles. The molecule has 0 radical (unpaired) electrons. The van der Waals surface area contributed by atoms with E-state index in [0.717, 1.165) is 24.3 Å². The molecule has 1 atom stereocenters. The third-order valence-corrected chi connectivity index (χ3v) is 4.15. The summed E-state index contributed by atoms with van der Waals surface area (Å²) in [5.74, 6) is 1.36. The minimum Gasteiger partial charge on any atom is -0.490 e. The maximum Gasteiger partial charge on any atom is 0.265 e. The van der Waals surface area contributed by atoms with Gasteiger partial charge in [0.05, 0.1) is 6.10 Å². The van der Waals surface area contributed by atoms with Gasteiger partial charge in [0.2, 0.25) is 0 Å². The summed E-state index contributed by atoms with van der Waals surface area (Å²) in [6.45, 7) is 1.74. The molecule has 1 N–H and O–H groups in total. The highest BCUT2D eigenvalue weighted by Crippen LogP contribution is 2.25. The number of ether oxygens (including phenoxy) is 2. The molecule has 1 amide bonds. The van der Waals surface area contributed by atoms with Crippen molar-refractivity contribution in [2.24, 2.45) is 0 Å². The van der Waals surface area contributed by atoms with E-state index in [0.29, 0.717) is 11.9 Å². The Hall–Kier alpha value is -2.49. The van der Waals surface area contributed by atoms with Gasteiger partial charge in [0.1, 0.15) is 11.5 Å². The van der Waals surface area contributed by atoms with E-state index in [1.54, 1.807) is 6.92 Å². The molecule has 1 aliphatic rings. The first-order chi connectivity index (χ1) is 11.7. The number of hydrogen-bond acceptors (Lipinski definition) is 3. The van der Waals surface area contributed by atoms with Crippen molar-refractivity contribution in [3.05, 3.63) is 54.6 Å². The third kappa shape index (κ3) is 4.51. The van der Waals surface area contributed by atoms with Crippen LogP contribution in [0.4, 0.5) is 5.69 Å². The van der Waals surface area contributed by atoms with Gasteiger partial charge in [-0.1, -0.05) is 18.2 Å². The molecule has 0 spiro atoms. The Kier molecular flexibility index (Phi) is 5.36. The van der Waals surface area contributed by atoms with Gasteiger partial charge in [0.15, 0.2) is 6.10 Å². The van der Waals surface area contributed by atoms with Crippen LogP contribution in [0, 0.1) is 0 Å². The molecule has 24 heavy (non-hydrogen) atoms. The fourth-order valence-electron chi connectivity index (χ4n) is 2.82. The molecule has 1 fully saturated rings. The third-order valence-electron chi connectivity index (χ3n) is 4.15. The zero-order chi connectivity index (χ0) is 16.8. The summed E-state index contributed by atoms with van der Waals surface area (Å²) in [6, 6.07) is 16.8. The minimum atomic E-state index is -0.568. The van der Waals surface area contributed by atoms with Gasteiger partial charge < -0.3 is 14.8 Å². The lowest BCUT2D eigenvalue weighted by Crippen LogP contribution is -2.30. The molecule has 0 aromatic heterocycles. The van der Waals surface area contributed by atoms with E-state index in [1.807, 2.05) is 54.6 Å². The Morgan fingerprint density at radius 3 is 2.33 bits per heavy atom. The molecule has 4 heteroatoms. The summed E-state index contributed by atoms with van der Waals surface area (Å²) < 4.78 is 11.5. The van der Waals surface area contributed by atoms with E-state index >= 15 is 0 Å². The Morgan fingerprint density at radius 2 is 1.67 bits per heavy atom. The summed E-state index contributed by atoms with van der Waals surface area (Å²) in [5, 5.41) is 2.86. The monoisotopic (exact) mass is 325 g/mol. The molecular formula is C20H23NO3. The lowest BCUT2D eigenvalue weighted by atomic mass is 10.2. The zero-order valence-corrected chi connectivity index (χ0v) is 13.9. The molecule has 0 heterocycles. The van der Waals surface area contributed by atoms with Gasteiger partial charge in [0.25, 0.3) is 5.91 Å². The second-order valence-electron chi connectivity index (χ2n) is 6.11. The van der Waals surface area contributed by atoms with Crippen LogP contribution >= 0.6 is 0 Å². The smallest absolute Gasteiger partial charge is 0.265 e. The van der Waals surface area contributed by atoms with Crippen molar-refractivity contribution >= 4 is 11.6 Å². The van der Waals surface area contributed by atoms with E-state index in [2.05, 4.69) is 5.32 Å². The first-order valence-corrected chi connectivity index (χ1v) is 8.50. The van der Waals surface area contributed by atoms with Gasteiger partial charge in [-0.05, 0) is 69.0 Å². The van der Waals surface area contributed by atoms with Crippen LogP contribution in [0.15, 0.2) is 54.6 Å². The fourth-order valence-corrected chi connectivity index (χ4v) is 2.82. The largest absolute Gasteiger partial charge is 0.490 e. The molecule has 1 unspecified atom stereocenters. The molecule has 0 saturated heterocycles. The van der Waals surface area contributed by atoms with E-state index in [1.165, 1.54) is 12.8 Å². The molecular weight excluding hydrogens is 302 g/mol. The quantitative estimate of drug-likeness (QED) is 0.855. The van der Waals surface area contributed by atoms with Crippen molar-refractivity contribution in [1.82, 2.24) is 0 Å². The summed E-state index contributed by atoms with van der Waals surface area (Å²) in [4.78, 5) is 12.2. The number of anilines is 1. The number of nitrogens with one attached hydrogen (secondary N) is 1. The Bertz CT molecular complexity index is 648. The van der Waals surface area contributed by atoms with Gasteiger partial charge in [0, 0.05) is 5.69 Å². The van der Waals surface area contributed by atoms with Crippen molar-refractivity contribution in [3.63, 3.8) is 0 Å². The number of para-hydroxylation sites is 1. The number of hydrogen-bond donors (Lipinski definition) is 1. The van der Waals surface area contributed by atoms with Crippen LogP contribution in [-0.2, 0) is 4.79 Å². The molecule has 1 saturated carbocycles. The Balaban J connectivity index is 1.52. The van der Waals surface area contributed by atoms with E-state index < -0.39 is 6.10 Å². The predicted molar refractivity (Wildman–Crippen MR) is 94.5 cm³/mol. The Labute approximate surface area is 142 Å². The lowest BCUT2D eigenvalue weighted by molar-refractivity contribution is -0.122. The second kappa shape index (κ2) is 7.86. The van der Waals surface area contributed by atoms with Crippen LogP contribution in [0.5, 0.6) is 11.5 Å². The number of rotatable bonds is 6. The normalized spacial score (nSPS) is 15.7. The highest BCUT2D eigenvalue weighted by molar-refractivity contribution is 5.94. The van der Waals surface area contributed by atoms with Crippen molar-refractivity contribution in [1.29, 1.82) is 0 Å². The van der Waals surface area contributed by atoms with Crippen molar-refractivity contribution in [2.45, 2.75) is 44.8 Å². The average Bonchev–Trinajstić information content (AvgIpc) is 3.10. The van der Waals surface area contributed by atoms with Gasteiger partial charge in [-0.2, -0.15) is 0 Å². The summed E-state index contributed by atoms with van der Waals surface area (Å²) in [7, 11) is 0. The molecule has 0 bridgehead atoms. The number of carbonyl (C=O) groups is 1. The number of benzene rings is 2. The van der Waals surface area contributed by atoms with Crippen molar-refractivity contribution < 1.29 is 14.3 Å². The number of amides is 1. The molecule has 2 aromatic carbocycles. The van der Waals surface area contributed by atoms with Gasteiger partial charge >= 0.3 is 0 Å². The Morgan fingerprint density at radius 1 is 1.00 bits per heavy atom. The first-order valence-electron chi connectivity index (χ1n) is 8.50. The summed E-state index contributed by atoms with van der Waals surface area (Å²) in [5.41, 5.74) is 0.738. The molecule has 0 aliphatic heterocycles. The predicted octanol–water partition coefficient (Wildman–Crippen LogP) is 4.41. The highest BCUT2D eigenvalue weighted by Gasteiger charge is 2.17. The topological polar surface area (TPSA) is 47.6 Å². The summed E-state index contributed by atoms with van der Waals surface area (Å²) in [6.07, 6.45) is 4.53. The van der Waals surface area contributed by atoms with Crippen LogP contribution in [0.3, 0.4) is 0 Å². The maximum atomic E-state index is 12.2. The molecule has 126 valence electrons. The highest BCUT2D eigenvalue weighted by atomic mass is 16.5. The van der Waals surface area contributed by atoms with Crippen LogP contribution in [0.2, 0.25) is 0 Å². The standard InChI is InChI=1S/C20H23NO3/c1-15(23-17-7-3-2-4-8-17)20(22)21-16-11-13-19(14-12-16)24-18-9-5-6-10-18/h2-4,7-8,11-15,18H,5-6,9-10H2,1H3,(H,21,22). The zero-order valence-electron chi connectivity index (χ0n) is 13.9. The van der Waals surface area contributed by atoms with Gasteiger partial charge in [-0.15, -0.1) is 0 Å². The van der Waals surface area contributed by atoms with Crippen molar-refractivity contribution in [3.8, 4) is 11.5 Å². The molecule has 2 aromatic rings. The average molecular weight is 325 g/mol. The lowest BCUT2D eigenvalue weighted by Gasteiger charge is -2.16. The number of carbonyl (C=O) groups excluding carboxylic acids is 1. The van der Waals surface area contributed by atoms with Crippen molar-refractivity contribution in [2.75, 3.05) is 5.32 Å². The van der Waals surface area contributed by atoms with Crippen LogP contribution in [-0.4, -0.2) is 18.1 Å². The maximum absolute atomic E-state index is 12.2. The minimum absolute atomic E-state index is 0.177. The van der Waals surface area contributed by atoms with E-state index in [9.17, 15) is 4.79 Å². The SMILES string of the molecule is CC(Oc1ccccc1)C(=O)Nc1ccc(OC2CCCC2)cc1. The van der Waals surface area contributed by atoms with Crippen LogP contribution in [0.1, 0.15) is 32.6 Å². The van der Waals surface area contributed by atoms with E-state index in [4.69, 9.17) is 9.47 Å². The van der Waals surface area contributed by atoms with Gasteiger partial charge in [-0.25, -0.2) is 0 Å². The second-order valence-corrected chi connectivity index (χ2v) is 6.11. The molecule has 3 rings (SSSR count). The fraction of sp³-hybridized carbons (Fsp3) is 0.350. The van der Waals surface area contributed by atoms with E-state index in [-0.39, 0.29) is 5.91 Å². The van der Waals surface area contributed by atoms with Crippen LogP contribution < -0.4 is 14.8 Å².